The number of rotatable bonds is 10. The van der Waals surface area contributed by atoms with E-state index < -0.39 is 9.84 Å². The zero-order valence-corrected chi connectivity index (χ0v) is 20.4. The van der Waals surface area contributed by atoms with E-state index in [1.54, 1.807) is 0 Å². The van der Waals surface area contributed by atoms with Crippen LogP contribution in [0.25, 0.3) is 0 Å². The molecule has 0 radical (unpaired) electrons. The number of nitrogens with one attached hydrogen (secondary N) is 2. The van der Waals surface area contributed by atoms with Gasteiger partial charge in [-0.05, 0) is 30.4 Å². The molecule has 1 aliphatic rings. The molecule has 2 rings (SSSR count). The molecule has 0 bridgehead atoms. The molecular weight excluding hydrogens is 485 g/mol. The molecule has 0 aliphatic heterocycles. The molecule has 1 aromatic carbocycles. The van der Waals surface area contributed by atoms with Crippen molar-refractivity contribution in [3.05, 3.63) is 35.4 Å². The molecule has 2 N–H and O–H groups in total. The molecule has 1 saturated carbocycles. The number of aliphatic imine (C=N–C) groups is 1. The van der Waals surface area contributed by atoms with Crippen molar-refractivity contribution in [3.8, 4) is 0 Å². The van der Waals surface area contributed by atoms with E-state index in [-0.39, 0.29) is 29.7 Å². The van der Waals surface area contributed by atoms with Gasteiger partial charge < -0.3 is 10.6 Å². The van der Waals surface area contributed by atoms with Gasteiger partial charge in [-0.2, -0.15) is 0 Å². The molecule has 0 heterocycles. The van der Waals surface area contributed by atoms with E-state index in [9.17, 15) is 8.42 Å². The molecule has 0 spiro atoms. The topological polar surface area (TPSA) is 70.6 Å². The molecule has 28 heavy (non-hydrogen) atoms. The summed E-state index contributed by atoms with van der Waals surface area (Å²) in [7, 11) is -2.99. The standard InChI is InChI=1S/C21H35N3O2S.HI/c1-3-22-21(23-15-7-6-10-18-8-4-5-9-18)24-16-19-11-13-20(14-12-19)17-27(2,25)26;/h11-14,18H,3-10,15-17H2,1-2H3,(H2,22,23,24);1H. The number of benzene rings is 1. The van der Waals surface area contributed by atoms with Crippen LogP contribution in [0.5, 0.6) is 0 Å². The molecule has 1 aromatic rings. The Morgan fingerprint density at radius 2 is 1.71 bits per heavy atom. The van der Waals surface area contributed by atoms with Gasteiger partial charge in [0.25, 0.3) is 0 Å². The zero-order chi connectivity index (χ0) is 19.5. The van der Waals surface area contributed by atoms with Gasteiger partial charge in [0.2, 0.25) is 0 Å². The first-order valence-corrected chi connectivity index (χ1v) is 12.3. The van der Waals surface area contributed by atoms with E-state index in [0.29, 0.717) is 6.54 Å². The van der Waals surface area contributed by atoms with Crippen molar-refractivity contribution in [1.29, 1.82) is 0 Å². The Bertz CT molecular complexity index is 684. The molecule has 160 valence electrons. The smallest absolute Gasteiger partial charge is 0.191 e. The highest BCUT2D eigenvalue weighted by Crippen LogP contribution is 2.28. The van der Waals surface area contributed by atoms with Gasteiger partial charge in [0.05, 0.1) is 12.3 Å². The van der Waals surface area contributed by atoms with Crippen molar-refractivity contribution in [1.82, 2.24) is 10.6 Å². The summed E-state index contributed by atoms with van der Waals surface area (Å²) in [6.07, 6.45) is 10.8. The maximum atomic E-state index is 11.4. The van der Waals surface area contributed by atoms with Crippen LogP contribution in [0.4, 0.5) is 0 Å². The first kappa shape index (κ1) is 25.2. The normalized spacial score (nSPS) is 15.3. The molecule has 0 aromatic heterocycles. The van der Waals surface area contributed by atoms with Crippen molar-refractivity contribution in [2.75, 3.05) is 19.3 Å². The van der Waals surface area contributed by atoms with E-state index >= 15 is 0 Å². The molecule has 0 amide bonds. The fourth-order valence-corrected chi connectivity index (χ4v) is 4.42. The Morgan fingerprint density at radius 3 is 2.32 bits per heavy atom. The average molecular weight is 522 g/mol. The second-order valence-corrected chi connectivity index (χ2v) is 9.79. The van der Waals surface area contributed by atoms with Crippen molar-refractivity contribution in [2.45, 2.75) is 64.2 Å². The number of guanidine groups is 1. The van der Waals surface area contributed by atoms with Crippen LogP contribution < -0.4 is 10.6 Å². The quantitative estimate of drug-likeness (QED) is 0.209. The number of sulfone groups is 1. The maximum absolute atomic E-state index is 11.4. The number of nitrogens with zero attached hydrogens (tertiary/aromatic N) is 1. The lowest BCUT2D eigenvalue weighted by atomic mass is 10.0. The van der Waals surface area contributed by atoms with Crippen LogP contribution in [-0.4, -0.2) is 33.7 Å². The van der Waals surface area contributed by atoms with Gasteiger partial charge in [0.15, 0.2) is 15.8 Å². The molecule has 0 unspecified atom stereocenters. The third kappa shape index (κ3) is 10.6. The third-order valence-electron chi connectivity index (χ3n) is 5.02. The van der Waals surface area contributed by atoms with Gasteiger partial charge in [-0.3, -0.25) is 0 Å². The van der Waals surface area contributed by atoms with E-state index in [1.165, 1.54) is 51.2 Å². The second-order valence-electron chi connectivity index (χ2n) is 7.65. The second kappa shape index (κ2) is 13.4. The van der Waals surface area contributed by atoms with Crippen molar-refractivity contribution >= 4 is 39.8 Å². The van der Waals surface area contributed by atoms with Crippen molar-refractivity contribution in [3.63, 3.8) is 0 Å². The molecular formula is C21H36IN3O2S. The Labute approximate surface area is 188 Å². The zero-order valence-electron chi connectivity index (χ0n) is 17.2. The molecule has 1 aliphatic carbocycles. The van der Waals surface area contributed by atoms with E-state index in [4.69, 9.17) is 0 Å². The summed E-state index contributed by atoms with van der Waals surface area (Å²) in [6, 6.07) is 7.65. The van der Waals surface area contributed by atoms with Crippen LogP contribution in [0, 0.1) is 5.92 Å². The summed E-state index contributed by atoms with van der Waals surface area (Å²) < 4.78 is 22.7. The molecule has 7 heteroatoms. The maximum Gasteiger partial charge on any atom is 0.191 e. The SMILES string of the molecule is CCNC(=NCc1ccc(CS(C)(=O)=O)cc1)NCCCCC1CCCC1.I. The Hall–Kier alpha value is -0.830. The summed E-state index contributed by atoms with van der Waals surface area (Å²) in [5.74, 6) is 1.90. The van der Waals surface area contributed by atoms with Crippen LogP contribution in [-0.2, 0) is 22.1 Å². The Kier molecular flexibility index (Phi) is 12.1. The monoisotopic (exact) mass is 521 g/mol. The number of halogens is 1. The fraction of sp³-hybridized carbons (Fsp3) is 0.667. The minimum Gasteiger partial charge on any atom is -0.357 e. The molecule has 1 fully saturated rings. The Balaban J connectivity index is 0.00000392. The van der Waals surface area contributed by atoms with Gasteiger partial charge in [-0.1, -0.05) is 62.8 Å². The predicted molar refractivity (Wildman–Crippen MR) is 129 cm³/mol. The van der Waals surface area contributed by atoms with Crippen LogP contribution in [0.15, 0.2) is 29.3 Å². The van der Waals surface area contributed by atoms with Gasteiger partial charge in [0, 0.05) is 19.3 Å². The summed E-state index contributed by atoms with van der Waals surface area (Å²) in [5, 5.41) is 6.71. The first-order valence-electron chi connectivity index (χ1n) is 10.2. The van der Waals surface area contributed by atoms with Crippen LogP contribution in [0.2, 0.25) is 0 Å². The lowest BCUT2D eigenvalue weighted by molar-refractivity contribution is 0.472. The third-order valence-corrected chi connectivity index (χ3v) is 5.88. The first-order chi connectivity index (χ1) is 13.0. The van der Waals surface area contributed by atoms with Gasteiger partial charge in [0.1, 0.15) is 0 Å². The van der Waals surface area contributed by atoms with Crippen LogP contribution in [0.3, 0.4) is 0 Å². The lowest BCUT2D eigenvalue weighted by Crippen LogP contribution is -2.37. The van der Waals surface area contributed by atoms with Crippen molar-refractivity contribution in [2.24, 2.45) is 10.9 Å². The molecule has 0 saturated heterocycles. The number of unbranched alkanes of at least 4 members (excludes halogenated alkanes) is 1. The van der Waals surface area contributed by atoms with E-state index in [2.05, 4.69) is 22.5 Å². The highest BCUT2D eigenvalue weighted by atomic mass is 127. The highest BCUT2D eigenvalue weighted by molar-refractivity contribution is 14.0. The average Bonchev–Trinajstić information content (AvgIpc) is 3.12. The number of hydrogen-bond donors (Lipinski definition) is 2. The summed E-state index contributed by atoms with van der Waals surface area (Å²) in [5.41, 5.74) is 1.89. The van der Waals surface area contributed by atoms with Crippen LogP contribution >= 0.6 is 24.0 Å². The highest BCUT2D eigenvalue weighted by Gasteiger charge is 2.13. The molecule has 5 nitrogen and oxygen atoms in total. The minimum atomic E-state index is -2.99. The van der Waals surface area contributed by atoms with E-state index in [1.807, 2.05) is 24.3 Å². The Morgan fingerprint density at radius 1 is 1.07 bits per heavy atom. The fourth-order valence-electron chi connectivity index (χ4n) is 3.62. The van der Waals surface area contributed by atoms with Crippen LogP contribution in [0.1, 0.15) is 63.0 Å². The predicted octanol–water partition coefficient (Wildman–Crippen LogP) is 4.26. The summed E-state index contributed by atoms with van der Waals surface area (Å²) in [6.45, 7) is 4.43. The van der Waals surface area contributed by atoms with Gasteiger partial charge in [-0.15, -0.1) is 24.0 Å². The van der Waals surface area contributed by atoms with E-state index in [0.717, 1.165) is 36.1 Å². The molecule has 0 atom stereocenters. The summed E-state index contributed by atoms with van der Waals surface area (Å²) >= 11 is 0. The van der Waals surface area contributed by atoms with Crippen molar-refractivity contribution < 1.29 is 8.42 Å². The lowest BCUT2D eigenvalue weighted by Gasteiger charge is -2.12. The van der Waals surface area contributed by atoms with Gasteiger partial charge >= 0.3 is 0 Å². The minimum absolute atomic E-state index is 0. The largest absolute Gasteiger partial charge is 0.357 e. The van der Waals surface area contributed by atoms with Gasteiger partial charge in [-0.25, -0.2) is 13.4 Å². The number of hydrogen-bond acceptors (Lipinski definition) is 3. The summed E-state index contributed by atoms with van der Waals surface area (Å²) in [4.78, 5) is 4.64.